The van der Waals surface area contributed by atoms with Gasteiger partial charge in [0.15, 0.2) is 0 Å². The highest BCUT2D eigenvalue weighted by Gasteiger charge is 2.30. The molecular formula is C13H25N3O2. The van der Waals surface area contributed by atoms with E-state index in [1.54, 1.807) is 0 Å². The maximum Gasteiger partial charge on any atom is 0.324 e. The van der Waals surface area contributed by atoms with Crippen molar-refractivity contribution in [3.8, 4) is 0 Å². The molecule has 5 heteroatoms. The largest absolute Gasteiger partial charge is 0.465 e. The molecule has 0 aromatic rings. The fraction of sp³-hybridized carbons (Fsp3) is 0.923. The standard InChI is InChI=1S/C13H25N3O2/c1-2-18-13(17)12(14)10-15-6-4-8-16-7-3-5-11(16)9-15/h11-12H,2-10,14H2,1H3. The van der Waals surface area contributed by atoms with Crippen molar-refractivity contribution in [2.45, 2.75) is 38.3 Å². The Morgan fingerprint density at radius 2 is 2.17 bits per heavy atom. The van der Waals surface area contributed by atoms with Crippen LogP contribution in [0.15, 0.2) is 0 Å². The Morgan fingerprint density at radius 3 is 2.94 bits per heavy atom. The lowest BCUT2D eigenvalue weighted by atomic mass is 10.2. The first-order valence-electron chi connectivity index (χ1n) is 7.09. The van der Waals surface area contributed by atoms with Crippen molar-refractivity contribution in [3.63, 3.8) is 0 Å². The lowest BCUT2D eigenvalue weighted by Gasteiger charge is -2.26. The summed E-state index contributed by atoms with van der Waals surface area (Å²) in [5.41, 5.74) is 5.89. The second-order valence-electron chi connectivity index (χ2n) is 5.30. The SMILES string of the molecule is CCOC(=O)C(N)CN1CCCN2CCCC2C1. The van der Waals surface area contributed by atoms with Gasteiger partial charge in [0, 0.05) is 19.1 Å². The summed E-state index contributed by atoms with van der Waals surface area (Å²) in [7, 11) is 0. The minimum Gasteiger partial charge on any atom is -0.465 e. The zero-order valence-corrected chi connectivity index (χ0v) is 11.3. The minimum absolute atomic E-state index is 0.273. The number of rotatable bonds is 4. The van der Waals surface area contributed by atoms with Crippen LogP contribution in [0.25, 0.3) is 0 Å². The van der Waals surface area contributed by atoms with Gasteiger partial charge in [-0.1, -0.05) is 0 Å². The molecule has 2 unspecified atom stereocenters. The average Bonchev–Trinajstić information content (AvgIpc) is 2.69. The van der Waals surface area contributed by atoms with Crippen molar-refractivity contribution in [2.24, 2.45) is 5.73 Å². The Morgan fingerprint density at radius 1 is 1.39 bits per heavy atom. The first kappa shape index (κ1) is 13.8. The van der Waals surface area contributed by atoms with Gasteiger partial charge in [-0.2, -0.15) is 0 Å². The van der Waals surface area contributed by atoms with E-state index in [4.69, 9.17) is 10.5 Å². The van der Waals surface area contributed by atoms with Crippen LogP contribution < -0.4 is 5.73 Å². The van der Waals surface area contributed by atoms with Gasteiger partial charge in [0.2, 0.25) is 0 Å². The molecule has 2 aliphatic heterocycles. The third-order valence-electron chi connectivity index (χ3n) is 3.93. The molecule has 0 spiro atoms. The zero-order valence-electron chi connectivity index (χ0n) is 11.3. The summed E-state index contributed by atoms with van der Waals surface area (Å²) in [5.74, 6) is -0.273. The molecule has 2 aliphatic rings. The molecule has 2 atom stereocenters. The molecular weight excluding hydrogens is 230 g/mol. The summed E-state index contributed by atoms with van der Waals surface area (Å²) >= 11 is 0. The van der Waals surface area contributed by atoms with Crippen LogP contribution in [0.5, 0.6) is 0 Å². The lowest BCUT2D eigenvalue weighted by Crippen LogP contribution is -2.46. The topological polar surface area (TPSA) is 58.8 Å². The number of nitrogens with two attached hydrogens (primary N) is 1. The molecule has 2 heterocycles. The average molecular weight is 255 g/mol. The third kappa shape index (κ3) is 3.43. The van der Waals surface area contributed by atoms with Crippen molar-refractivity contribution in [1.29, 1.82) is 0 Å². The van der Waals surface area contributed by atoms with Crippen LogP contribution in [-0.4, -0.2) is 67.2 Å². The van der Waals surface area contributed by atoms with Gasteiger partial charge in [-0.15, -0.1) is 0 Å². The van der Waals surface area contributed by atoms with E-state index in [0.717, 1.165) is 13.1 Å². The lowest BCUT2D eigenvalue weighted by molar-refractivity contribution is -0.145. The summed E-state index contributed by atoms with van der Waals surface area (Å²) in [6.45, 7) is 7.37. The van der Waals surface area contributed by atoms with Crippen LogP contribution in [0, 0.1) is 0 Å². The first-order valence-corrected chi connectivity index (χ1v) is 7.09. The van der Waals surface area contributed by atoms with E-state index in [2.05, 4.69) is 9.80 Å². The van der Waals surface area contributed by atoms with Crippen LogP contribution in [0.4, 0.5) is 0 Å². The molecule has 2 rings (SSSR count). The Labute approximate surface area is 109 Å². The van der Waals surface area contributed by atoms with E-state index in [9.17, 15) is 4.79 Å². The zero-order chi connectivity index (χ0) is 13.0. The Hall–Kier alpha value is -0.650. The molecule has 0 bridgehead atoms. The second kappa shape index (κ2) is 6.50. The van der Waals surface area contributed by atoms with Gasteiger partial charge < -0.3 is 10.5 Å². The molecule has 0 saturated carbocycles. The minimum atomic E-state index is -0.502. The monoisotopic (exact) mass is 255 g/mol. The van der Waals surface area contributed by atoms with Gasteiger partial charge >= 0.3 is 5.97 Å². The van der Waals surface area contributed by atoms with E-state index in [1.807, 2.05) is 6.92 Å². The molecule has 104 valence electrons. The number of carbonyl (C=O) groups is 1. The highest BCUT2D eigenvalue weighted by Crippen LogP contribution is 2.21. The van der Waals surface area contributed by atoms with Crippen molar-refractivity contribution >= 4 is 5.97 Å². The summed E-state index contributed by atoms with van der Waals surface area (Å²) in [6, 6.07) is 0.166. The summed E-state index contributed by atoms with van der Waals surface area (Å²) in [5, 5.41) is 0. The highest BCUT2D eigenvalue weighted by atomic mass is 16.5. The predicted molar refractivity (Wildman–Crippen MR) is 70.3 cm³/mol. The number of fused-ring (bicyclic) bond motifs is 1. The number of carbonyl (C=O) groups excluding carboxylic acids is 1. The third-order valence-corrected chi connectivity index (χ3v) is 3.93. The molecule has 0 amide bonds. The van der Waals surface area contributed by atoms with Crippen LogP contribution in [-0.2, 0) is 9.53 Å². The predicted octanol–water partition coefficient (Wildman–Crippen LogP) is 0.0469. The van der Waals surface area contributed by atoms with Gasteiger partial charge in [-0.25, -0.2) is 0 Å². The number of nitrogens with zero attached hydrogens (tertiary/aromatic N) is 2. The molecule has 2 fully saturated rings. The normalized spacial score (nSPS) is 27.6. The molecule has 5 nitrogen and oxygen atoms in total. The highest BCUT2D eigenvalue weighted by molar-refractivity contribution is 5.75. The first-order chi connectivity index (χ1) is 8.70. The summed E-state index contributed by atoms with van der Waals surface area (Å²) in [4.78, 5) is 16.5. The molecule has 0 aromatic heterocycles. The van der Waals surface area contributed by atoms with Gasteiger partial charge in [-0.3, -0.25) is 14.6 Å². The molecule has 0 aromatic carbocycles. The maximum absolute atomic E-state index is 11.5. The summed E-state index contributed by atoms with van der Waals surface area (Å²) < 4.78 is 4.96. The molecule has 2 N–H and O–H groups in total. The van der Waals surface area contributed by atoms with Crippen molar-refractivity contribution in [3.05, 3.63) is 0 Å². The van der Waals surface area contributed by atoms with Crippen LogP contribution in [0.2, 0.25) is 0 Å². The molecule has 2 saturated heterocycles. The van der Waals surface area contributed by atoms with E-state index in [1.165, 1.54) is 32.4 Å². The van der Waals surface area contributed by atoms with Gasteiger partial charge in [-0.05, 0) is 45.8 Å². The Balaban J connectivity index is 1.83. The molecule has 0 aliphatic carbocycles. The van der Waals surface area contributed by atoms with Crippen LogP contribution in [0.3, 0.4) is 0 Å². The Kier molecular flexibility index (Phi) is 4.97. The number of hydrogen-bond donors (Lipinski definition) is 1. The fourth-order valence-corrected chi connectivity index (χ4v) is 3.05. The van der Waals surface area contributed by atoms with Crippen molar-refractivity contribution < 1.29 is 9.53 Å². The van der Waals surface area contributed by atoms with E-state index in [-0.39, 0.29) is 5.97 Å². The van der Waals surface area contributed by atoms with Gasteiger partial charge in [0.05, 0.1) is 6.61 Å². The molecule has 18 heavy (non-hydrogen) atoms. The van der Waals surface area contributed by atoms with E-state index in [0.29, 0.717) is 19.2 Å². The molecule has 0 radical (unpaired) electrons. The van der Waals surface area contributed by atoms with E-state index < -0.39 is 6.04 Å². The van der Waals surface area contributed by atoms with E-state index >= 15 is 0 Å². The second-order valence-corrected chi connectivity index (χ2v) is 5.30. The fourth-order valence-electron chi connectivity index (χ4n) is 3.05. The van der Waals surface area contributed by atoms with Crippen LogP contribution in [0.1, 0.15) is 26.2 Å². The number of hydrogen-bond acceptors (Lipinski definition) is 5. The Bertz CT molecular complexity index is 285. The summed E-state index contributed by atoms with van der Waals surface area (Å²) in [6.07, 6.45) is 3.76. The smallest absolute Gasteiger partial charge is 0.324 e. The number of esters is 1. The van der Waals surface area contributed by atoms with Crippen molar-refractivity contribution in [1.82, 2.24) is 9.80 Å². The maximum atomic E-state index is 11.5. The van der Waals surface area contributed by atoms with Crippen molar-refractivity contribution in [2.75, 3.05) is 39.3 Å². The van der Waals surface area contributed by atoms with Gasteiger partial charge in [0.25, 0.3) is 0 Å². The van der Waals surface area contributed by atoms with Crippen LogP contribution >= 0.6 is 0 Å². The quantitative estimate of drug-likeness (QED) is 0.719. The van der Waals surface area contributed by atoms with Gasteiger partial charge in [0.1, 0.15) is 6.04 Å². The number of ether oxygens (including phenoxy) is 1.